The van der Waals surface area contributed by atoms with Crippen molar-refractivity contribution in [1.82, 2.24) is 0 Å². The number of rotatable bonds is 2. The molecule has 0 aromatic heterocycles. The maximum Gasteiger partial charge on any atom is 0.303 e. The predicted octanol–water partition coefficient (Wildman–Crippen LogP) is 2.11. The van der Waals surface area contributed by atoms with Gasteiger partial charge in [-0.3, -0.25) is 9.59 Å². The highest BCUT2D eigenvalue weighted by molar-refractivity contribution is 5.67. The molecular formula is C21H26NO6+. The van der Waals surface area contributed by atoms with E-state index >= 15 is 0 Å². The maximum atomic E-state index is 12.0. The van der Waals surface area contributed by atoms with Crippen molar-refractivity contribution in [2.24, 2.45) is 5.92 Å². The summed E-state index contributed by atoms with van der Waals surface area (Å²) in [6.45, 7) is 5.06. The number of hydrogen-bond acceptors (Lipinski definition) is 6. The minimum Gasteiger partial charge on any atom is -0.459 e. The number of ether oxygens (including phenoxy) is 4. The lowest BCUT2D eigenvalue weighted by atomic mass is 9.67. The predicted molar refractivity (Wildman–Crippen MR) is 97.7 cm³/mol. The average Bonchev–Trinajstić information content (AvgIpc) is 3.19. The first-order chi connectivity index (χ1) is 13.4. The first kappa shape index (κ1) is 17.8. The molecule has 1 saturated carbocycles. The molecule has 150 valence electrons. The van der Waals surface area contributed by atoms with Crippen LogP contribution in [0, 0.1) is 5.92 Å². The van der Waals surface area contributed by atoms with Gasteiger partial charge in [-0.2, -0.15) is 0 Å². The molecule has 5 rings (SSSR count). The average molecular weight is 388 g/mol. The summed E-state index contributed by atoms with van der Waals surface area (Å²) in [7, 11) is 2.29. The van der Waals surface area contributed by atoms with Crippen molar-refractivity contribution in [3.05, 3.63) is 23.3 Å². The molecule has 1 aromatic carbocycles. The van der Waals surface area contributed by atoms with Gasteiger partial charge in [0.1, 0.15) is 18.7 Å². The Kier molecular flexibility index (Phi) is 3.88. The van der Waals surface area contributed by atoms with E-state index in [1.807, 2.05) is 6.07 Å². The summed E-state index contributed by atoms with van der Waals surface area (Å²) in [6, 6.07) is 4.46. The minimum absolute atomic E-state index is 0.0299. The number of carbonyl (C=O) groups excluding carboxylic acids is 2. The van der Waals surface area contributed by atoms with E-state index in [1.54, 1.807) is 0 Å². The molecule has 0 N–H and O–H groups in total. The van der Waals surface area contributed by atoms with E-state index in [-0.39, 0.29) is 24.6 Å². The monoisotopic (exact) mass is 388 g/mol. The Morgan fingerprint density at radius 1 is 1.11 bits per heavy atom. The number of likely N-dealkylation sites (N-methyl/N-ethyl adjacent to an activating group) is 1. The maximum absolute atomic E-state index is 12.0. The molecule has 1 saturated heterocycles. The molecule has 3 aliphatic heterocycles. The minimum atomic E-state index is -0.488. The number of carbonyl (C=O) groups is 2. The summed E-state index contributed by atoms with van der Waals surface area (Å²) < 4.78 is 23.6. The van der Waals surface area contributed by atoms with Crippen LogP contribution in [-0.4, -0.2) is 55.1 Å². The third kappa shape index (κ3) is 2.59. The van der Waals surface area contributed by atoms with Crippen LogP contribution >= 0.6 is 0 Å². The van der Waals surface area contributed by atoms with E-state index in [2.05, 4.69) is 13.1 Å². The quantitative estimate of drug-likeness (QED) is 0.571. The van der Waals surface area contributed by atoms with Gasteiger partial charge in [-0.05, 0) is 24.1 Å². The molecule has 4 aliphatic rings. The highest BCUT2D eigenvalue weighted by Gasteiger charge is 2.61. The molecule has 3 heterocycles. The first-order valence-electron chi connectivity index (χ1n) is 9.97. The summed E-state index contributed by atoms with van der Waals surface area (Å²) >= 11 is 0. The molecular weight excluding hydrogens is 362 g/mol. The second kappa shape index (κ2) is 6.11. The zero-order valence-electron chi connectivity index (χ0n) is 16.5. The zero-order valence-corrected chi connectivity index (χ0v) is 16.5. The van der Waals surface area contributed by atoms with Crippen molar-refractivity contribution in [3.8, 4) is 11.5 Å². The highest BCUT2D eigenvalue weighted by atomic mass is 16.7. The third-order valence-corrected chi connectivity index (χ3v) is 6.98. The fourth-order valence-corrected chi connectivity index (χ4v) is 6.14. The number of quaternary nitrogens is 1. The summed E-state index contributed by atoms with van der Waals surface area (Å²) in [5.74, 6) is 1.23. The molecule has 0 amide bonds. The van der Waals surface area contributed by atoms with Crippen molar-refractivity contribution >= 4 is 11.9 Å². The lowest BCUT2D eigenvalue weighted by Gasteiger charge is -2.52. The topological polar surface area (TPSA) is 71.1 Å². The van der Waals surface area contributed by atoms with Crippen LogP contribution < -0.4 is 9.47 Å². The van der Waals surface area contributed by atoms with Gasteiger partial charge in [0.05, 0.1) is 19.5 Å². The van der Waals surface area contributed by atoms with Gasteiger partial charge >= 0.3 is 11.9 Å². The first-order valence-corrected chi connectivity index (χ1v) is 9.97. The molecule has 1 unspecified atom stereocenters. The normalized spacial score (nSPS) is 37.0. The van der Waals surface area contributed by atoms with Crippen LogP contribution in [0.15, 0.2) is 12.1 Å². The van der Waals surface area contributed by atoms with Crippen LogP contribution in [-0.2, 0) is 25.6 Å². The zero-order chi connectivity index (χ0) is 19.6. The second-order valence-corrected chi connectivity index (χ2v) is 8.79. The van der Waals surface area contributed by atoms with Crippen molar-refractivity contribution in [1.29, 1.82) is 0 Å². The number of fused-ring (bicyclic) bond motifs is 3. The van der Waals surface area contributed by atoms with E-state index in [1.165, 1.54) is 19.4 Å². The van der Waals surface area contributed by atoms with Gasteiger partial charge < -0.3 is 23.4 Å². The smallest absolute Gasteiger partial charge is 0.303 e. The molecule has 1 aromatic rings. The van der Waals surface area contributed by atoms with Gasteiger partial charge in [-0.25, -0.2) is 0 Å². The lowest BCUT2D eigenvalue weighted by molar-refractivity contribution is -0.940. The molecule has 0 radical (unpaired) electrons. The molecule has 2 fully saturated rings. The molecule has 28 heavy (non-hydrogen) atoms. The molecule has 6 atom stereocenters. The Morgan fingerprint density at radius 3 is 2.54 bits per heavy atom. The number of esters is 2. The van der Waals surface area contributed by atoms with E-state index in [4.69, 9.17) is 18.9 Å². The largest absolute Gasteiger partial charge is 0.459 e. The van der Waals surface area contributed by atoms with E-state index in [0.717, 1.165) is 47.5 Å². The van der Waals surface area contributed by atoms with Crippen LogP contribution in [0.4, 0.5) is 0 Å². The molecule has 1 aliphatic carbocycles. The van der Waals surface area contributed by atoms with Gasteiger partial charge in [0.25, 0.3) is 0 Å². The Balaban J connectivity index is 1.65. The van der Waals surface area contributed by atoms with Crippen molar-refractivity contribution in [3.63, 3.8) is 0 Å². The van der Waals surface area contributed by atoms with Gasteiger partial charge in [0.15, 0.2) is 17.6 Å². The molecule has 0 bridgehead atoms. The fraction of sp³-hybridized carbons (Fsp3) is 0.619. The van der Waals surface area contributed by atoms with Crippen molar-refractivity contribution in [2.75, 3.05) is 20.4 Å². The third-order valence-electron chi connectivity index (χ3n) is 6.98. The second-order valence-electron chi connectivity index (χ2n) is 8.79. The molecule has 0 spiro atoms. The molecule has 7 heteroatoms. The van der Waals surface area contributed by atoms with Crippen LogP contribution in [0.25, 0.3) is 0 Å². The van der Waals surface area contributed by atoms with Gasteiger partial charge in [-0.15, -0.1) is 0 Å². The lowest BCUT2D eigenvalue weighted by Crippen LogP contribution is -2.62. The number of nitrogens with zero attached hydrogens (tertiary/aromatic N) is 1. The van der Waals surface area contributed by atoms with Gasteiger partial charge in [0.2, 0.25) is 6.79 Å². The summed E-state index contributed by atoms with van der Waals surface area (Å²) in [6.07, 6.45) is 0.920. The summed E-state index contributed by atoms with van der Waals surface area (Å²) in [4.78, 5) is 23.7. The van der Waals surface area contributed by atoms with Crippen molar-refractivity contribution in [2.45, 2.75) is 57.4 Å². The van der Waals surface area contributed by atoms with Crippen LogP contribution in [0.2, 0.25) is 0 Å². The summed E-state index contributed by atoms with van der Waals surface area (Å²) in [5, 5.41) is 0. The molecule has 7 nitrogen and oxygen atoms in total. The highest BCUT2D eigenvalue weighted by Crippen LogP contribution is 2.55. The SMILES string of the molecule is CC(=O)O[C@H]1[C@H]2c3cc4c(cc3C[N+]3(C)CC[C@H](C[C@@H]1OC(C)=O)[C@@H]23)OCO4. The standard InChI is InChI=1S/C21H26NO6/c1-11(23)27-18-6-13-4-5-22(3)9-14-7-16-17(26-10-25-16)8-15(14)19(20(13)22)21(18)28-12(2)24/h7-8,13,18-21H,4-6,9-10H2,1-3H3/q+1/t13-,18+,19+,20+,21-,22?/m1/s1. The van der Waals surface area contributed by atoms with Gasteiger partial charge in [-0.1, -0.05) is 0 Å². The Bertz CT molecular complexity index is 854. The number of benzene rings is 1. The van der Waals surface area contributed by atoms with Gasteiger partial charge in [0, 0.05) is 31.7 Å². The fourth-order valence-electron chi connectivity index (χ4n) is 6.14. The van der Waals surface area contributed by atoms with Crippen LogP contribution in [0.3, 0.4) is 0 Å². The summed E-state index contributed by atoms with van der Waals surface area (Å²) in [5.41, 5.74) is 2.34. The van der Waals surface area contributed by atoms with Crippen LogP contribution in [0.1, 0.15) is 43.7 Å². The van der Waals surface area contributed by atoms with E-state index in [0.29, 0.717) is 12.0 Å². The number of hydrogen-bond donors (Lipinski definition) is 0. The Morgan fingerprint density at radius 2 is 1.82 bits per heavy atom. The van der Waals surface area contributed by atoms with E-state index in [9.17, 15) is 9.59 Å². The van der Waals surface area contributed by atoms with Crippen molar-refractivity contribution < 1.29 is 33.0 Å². The Hall–Kier alpha value is -2.28. The van der Waals surface area contributed by atoms with E-state index < -0.39 is 12.2 Å². The Labute approximate surface area is 164 Å². The van der Waals surface area contributed by atoms with Crippen LogP contribution in [0.5, 0.6) is 11.5 Å².